The van der Waals surface area contributed by atoms with Crippen molar-refractivity contribution in [2.75, 3.05) is 5.75 Å². The Labute approximate surface area is 128 Å². The third-order valence-corrected chi connectivity index (χ3v) is 4.28. The van der Waals surface area contributed by atoms with E-state index in [1.54, 1.807) is 6.20 Å². The van der Waals surface area contributed by atoms with Crippen molar-refractivity contribution in [2.45, 2.75) is 44.8 Å². The van der Waals surface area contributed by atoms with E-state index in [-0.39, 0.29) is 11.8 Å². The summed E-state index contributed by atoms with van der Waals surface area (Å²) in [5.74, 6) is -0.174. The van der Waals surface area contributed by atoms with Crippen molar-refractivity contribution in [1.82, 2.24) is 14.5 Å². The van der Waals surface area contributed by atoms with E-state index in [2.05, 4.69) is 35.3 Å². The first-order valence-electron chi connectivity index (χ1n) is 7.16. The lowest BCUT2D eigenvalue weighted by Gasteiger charge is -2.17. The molecular weight excluding hydrogens is 286 g/mol. The van der Waals surface area contributed by atoms with E-state index in [4.69, 9.17) is 5.11 Å². The van der Waals surface area contributed by atoms with Gasteiger partial charge in [-0.2, -0.15) is 0 Å². The van der Waals surface area contributed by atoms with E-state index in [1.807, 2.05) is 12.1 Å². The van der Waals surface area contributed by atoms with Gasteiger partial charge in [-0.05, 0) is 37.8 Å². The Hall–Kier alpha value is -1.56. The Balaban J connectivity index is 2.32. The smallest absolute Gasteiger partial charge is 0.313 e. The van der Waals surface area contributed by atoms with Crippen LogP contribution < -0.4 is 0 Å². The molecule has 2 rings (SSSR count). The van der Waals surface area contributed by atoms with Crippen molar-refractivity contribution in [3.05, 3.63) is 18.3 Å². The maximum atomic E-state index is 10.8. The van der Waals surface area contributed by atoms with Crippen LogP contribution in [0.3, 0.4) is 0 Å². The molecule has 0 bridgehead atoms. The Kier molecular flexibility index (Phi) is 5.22. The van der Waals surface area contributed by atoms with Crippen LogP contribution in [0.2, 0.25) is 0 Å². The van der Waals surface area contributed by atoms with Gasteiger partial charge in [0.1, 0.15) is 5.52 Å². The minimum atomic E-state index is -0.832. The third kappa shape index (κ3) is 3.97. The first-order valence-corrected chi connectivity index (χ1v) is 8.15. The van der Waals surface area contributed by atoms with Gasteiger partial charge in [0.05, 0.1) is 5.75 Å². The minimum Gasteiger partial charge on any atom is -0.481 e. The summed E-state index contributed by atoms with van der Waals surface area (Å²) in [5.41, 5.74) is 1.66. The van der Waals surface area contributed by atoms with E-state index in [1.165, 1.54) is 11.8 Å². The molecule has 114 valence electrons. The molecule has 0 fully saturated rings. The first kappa shape index (κ1) is 15.8. The van der Waals surface area contributed by atoms with Crippen molar-refractivity contribution in [3.8, 4) is 0 Å². The molecule has 1 N–H and O–H groups in total. The molecule has 0 radical (unpaired) electrons. The minimum absolute atomic E-state index is 0.0141. The molecule has 2 aromatic heterocycles. The van der Waals surface area contributed by atoms with Crippen molar-refractivity contribution in [2.24, 2.45) is 5.92 Å². The molecule has 2 heterocycles. The van der Waals surface area contributed by atoms with E-state index >= 15 is 0 Å². The highest BCUT2D eigenvalue weighted by Gasteiger charge is 2.18. The second-order valence-electron chi connectivity index (χ2n) is 5.61. The summed E-state index contributed by atoms with van der Waals surface area (Å²) in [6.07, 6.45) is 3.90. The van der Waals surface area contributed by atoms with E-state index in [0.717, 1.165) is 29.2 Å². The molecule has 1 atom stereocenters. The molecular formula is C15H21N3O2S. The average Bonchev–Trinajstić information content (AvgIpc) is 2.80. The Morgan fingerprint density at radius 2 is 2.14 bits per heavy atom. The molecule has 0 amide bonds. The fourth-order valence-electron chi connectivity index (χ4n) is 2.24. The second-order valence-corrected chi connectivity index (χ2v) is 6.56. The molecule has 0 aromatic carbocycles. The lowest BCUT2D eigenvalue weighted by molar-refractivity contribution is -0.133. The number of hydrogen-bond acceptors (Lipinski definition) is 4. The fourth-order valence-corrected chi connectivity index (χ4v) is 3.06. The highest BCUT2D eigenvalue weighted by atomic mass is 32.2. The number of carboxylic acids is 1. The number of carbonyl (C=O) groups is 1. The zero-order valence-corrected chi connectivity index (χ0v) is 13.4. The van der Waals surface area contributed by atoms with Crippen LogP contribution in [-0.4, -0.2) is 31.4 Å². The van der Waals surface area contributed by atoms with Crippen LogP contribution in [0.1, 0.15) is 39.7 Å². The summed E-state index contributed by atoms with van der Waals surface area (Å²) in [5, 5.41) is 9.62. The quantitative estimate of drug-likeness (QED) is 0.791. The highest BCUT2D eigenvalue weighted by Crippen LogP contribution is 2.29. The van der Waals surface area contributed by atoms with E-state index < -0.39 is 5.97 Å². The number of nitrogens with zero attached hydrogens (tertiary/aromatic N) is 3. The number of imidazole rings is 1. The summed E-state index contributed by atoms with van der Waals surface area (Å²) in [4.78, 5) is 19.8. The number of carboxylic acid groups (broad SMARTS) is 1. The molecule has 0 aliphatic carbocycles. The van der Waals surface area contributed by atoms with Gasteiger partial charge >= 0.3 is 5.97 Å². The van der Waals surface area contributed by atoms with Gasteiger partial charge in [-0.15, -0.1) is 0 Å². The molecule has 1 unspecified atom stereocenters. The normalized spacial score (nSPS) is 13.0. The number of pyridine rings is 1. The van der Waals surface area contributed by atoms with Gasteiger partial charge in [0.25, 0.3) is 0 Å². The van der Waals surface area contributed by atoms with Crippen LogP contribution in [0.5, 0.6) is 0 Å². The number of rotatable bonds is 7. The summed E-state index contributed by atoms with van der Waals surface area (Å²) in [7, 11) is 0. The lowest BCUT2D eigenvalue weighted by Crippen LogP contribution is -2.09. The number of aliphatic carboxylic acids is 1. The van der Waals surface area contributed by atoms with Crippen molar-refractivity contribution >= 4 is 28.9 Å². The van der Waals surface area contributed by atoms with Gasteiger partial charge in [-0.3, -0.25) is 4.79 Å². The van der Waals surface area contributed by atoms with Crippen LogP contribution in [0.4, 0.5) is 0 Å². The van der Waals surface area contributed by atoms with Crippen molar-refractivity contribution < 1.29 is 9.90 Å². The zero-order chi connectivity index (χ0) is 15.4. The molecule has 0 saturated carbocycles. The summed E-state index contributed by atoms with van der Waals surface area (Å²) in [6.45, 7) is 6.55. The van der Waals surface area contributed by atoms with Gasteiger partial charge in [-0.1, -0.05) is 25.6 Å². The molecule has 0 aliphatic rings. The summed E-state index contributed by atoms with van der Waals surface area (Å²) in [6, 6.07) is 4.02. The number of fused-ring (bicyclic) bond motifs is 1. The predicted molar refractivity (Wildman–Crippen MR) is 84.7 cm³/mol. The predicted octanol–water partition coefficient (Wildman–Crippen LogP) is 3.61. The van der Waals surface area contributed by atoms with Crippen LogP contribution in [-0.2, 0) is 4.79 Å². The van der Waals surface area contributed by atoms with Gasteiger partial charge in [0, 0.05) is 12.2 Å². The Morgan fingerprint density at radius 3 is 2.81 bits per heavy atom. The summed E-state index contributed by atoms with van der Waals surface area (Å²) >= 11 is 1.26. The van der Waals surface area contributed by atoms with Gasteiger partial charge in [0.15, 0.2) is 10.8 Å². The van der Waals surface area contributed by atoms with E-state index in [0.29, 0.717) is 5.92 Å². The Morgan fingerprint density at radius 1 is 1.38 bits per heavy atom. The number of aromatic nitrogens is 3. The second kappa shape index (κ2) is 6.93. The topological polar surface area (TPSA) is 68.0 Å². The SMILES string of the molecule is CC(C)CCC(C)n1c(SCC(=O)O)nc2cccnc21. The van der Waals surface area contributed by atoms with Crippen LogP contribution in [0.15, 0.2) is 23.5 Å². The van der Waals surface area contributed by atoms with Crippen molar-refractivity contribution in [3.63, 3.8) is 0 Å². The lowest BCUT2D eigenvalue weighted by atomic mass is 10.0. The average molecular weight is 307 g/mol. The zero-order valence-electron chi connectivity index (χ0n) is 12.6. The third-order valence-electron chi connectivity index (χ3n) is 3.34. The van der Waals surface area contributed by atoms with Gasteiger partial charge in [0.2, 0.25) is 0 Å². The molecule has 0 saturated heterocycles. The van der Waals surface area contributed by atoms with Gasteiger partial charge < -0.3 is 9.67 Å². The highest BCUT2D eigenvalue weighted by molar-refractivity contribution is 7.99. The maximum absolute atomic E-state index is 10.8. The Bertz CT molecular complexity index is 624. The van der Waals surface area contributed by atoms with Crippen LogP contribution >= 0.6 is 11.8 Å². The van der Waals surface area contributed by atoms with Crippen molar-refractivity contribution in [1.29, 1.82) is 0 Å². The molecule has 6 heteroatoms. The maximum Gasteiger partial charge on any atom is 0.313 e. The van der Waals surface area contributed by atoms with Crippen LogP contribution in [0.25, 0.3) is 11.2 Å². The molecule has 2 aromatic rings. The number of thioether (sulfide) groups is 1. The summed E-state index contributed by atoms with van der Waals surface area (Å²) < 4.78 is 2.07. The molecule has 21 heavy (non-hydrogen) atoms. The van der Waals surface area contributed by atoms with E-state index in [9.17, 15) is 4.79 Å². The molecule has 0 spiro atoms. The first-order chi connectivity index (χ1) is 9.99. The number of hydrogen-bond donors (Lipinski definition) is 1. The largest absolute Gasteiger partial charge is 0.481 e. The standard InChI is InChI=1S/C15H21N3O2S/c1-10(2)6-7-11(3)18-14-12(5-4-8-16-14)17-15(18)21-9-13(19)20/h4-5,8,10-11H,6-7,9H2,1-3H3,(H,19,20). The fraction of sp³-hybridized carbons (Fsp3) is 0.533. The van der Waals surface area contributed by atoms with Crippen LogP contribution in [0, 0.1) is 5.92 Å². The molecule has 5 nitrogen and oxygen atoms in total. The van der Waals surface area contributed by atoms with Gasteiger partial charge in [-0.25, -0.2) is 9.97 Å². The monoisotopic (exact) mass is 307 g/mol. The molecule has 0 aliphatic heterocycles.